The second kappa shape index (κ2) is 5.91. The fourth-order valence-electron chi connectivity index (χ4n) is 2.34. The van der Waals surface area contributed by atoms with E-state index in [1.165, 1.54) is 12.1 Å². The molecule has 3 rings (SSSR count). The van der Waals surface area contributed by atoms with Crippen molar-refractivity contribution in [2.75, 3.05) is 0 Å². The number of nitrogens with one attached hydrogen (secondary N) is 1. The van der Waals surface area contributed by atoms with Gasteiger partial charge in [0, 0.05) is 5.02 Å². The Balaban J connectivity index is 1.91. The quantitative estimate of drug-likeness (QED) is 0.758. The van der Waals surface area contributed by atoms with E-state index in [-0.39, 0.29) is 5.82 Å². The van der Waals surface area contributed by atoms with E-state index in [1.807, 2.05) is 6.92 Å². The van der Waals surface area contributed by atoms with Crippen LogP contribution in [-0.4, -0.2) is 15.1 Å². The summed E-state index contributed by atoms with van der Waals surface area (Å²) >= 11 is 5.93. The number of benzene rings is 2. The van der Waals surface area contributed by atoms with Crippen molar-refractivity contribution in [3.05, 3.63) is 76.5 Å². The topological polar surface area (TPSA) is 48.9 Å². The Bertz CT molecular complexity index is 799. The van der Waals surface area contributed by atoms with Crippen LogP contribution in [0, 0.1) is 12.7 Å². The fourth-order valence-corrected chi connectivity index (χ4v) is 2.57. The van der Waals surface area contributed by atoms with Gasteiger partial charge in [-0.15, -0.1) is 0 Å². The largest absolute Gasteiger partial charge is 0.380 e. The van der Waals surface area contributed by atoms with E-state index in [0.29, 0.717) is 10.8 Å². The minimum Gasteiger partial charge on any atom is -0.380 e. The normalized spacial score (nSPS) is 12.4. The van der Waals surface area contributed by atoms with Crippen LogP contribution < -0.4 is 0 Å². The maximum atomic E-state index is 13.0. The zero-order chi connectivity index (χ0) is 15.7. The molecule has 0 radical (unpaired) electrons. The van der Waals surface area contributed by atoms with Crippen LogP contribution in [0.15, 0.2) is 48.7 Å². The number of H-pyrrole nitrogens is 1. The van der Waals surface area contributed by atoms with Crippen LogP contribution in [0.2, 0.25) is 5.02 Å². The molecule has 3 nitrogen and oxygen atoms in total. The molecule has 1 heterocycles. The van der Waals surface area contributed by atoms with Crippen LogP contribution in [0.1, 0.15) is 23.1 Å². The SMILES string of the molecule is Cc1cc(Cl)ccc1C(O)c1ncc(-c2ccc(F)cc2)[nH]1. The third kappa shape index (κ3) is 2.89. The van der Waals surface area contributed by atoms with E-state index in [0.717, 1.165) is 22.4 Å². The first-order valence-corrected chi connectivity index (χ1v) is 7.17. The van der Waals surface area contributed by atoms with Crippen LogP contribution in [0.25, 0.3) is 11.3 Å². The van der Waals surface area contributed by atoms with Crippen LogP contribution in [0.3, 0.4) is 0 Å². The number of aliphatic hydroxyl groups is 1. The van der Waals surface area contributed by atoms with Gasteiger partial charge in [-0.25, -0.2) is 9.37 Å². The zero-order valence-corrected chi connectivity index (χ0v) is 12.6. The van der Waals surface area contributed by atoms with Crippen molar-refractivity contribution in [3.63, 3.8) is 0 Å². The summed E-state index contributed by atoms with van der Waals surface area (Å²) in [5, 5.41) is 11.1. The summed E-state index contributed by atoms with van der Waals surface area (Å²) in [4.78, 5) is 7.30. The highest BCUT2D eigenvalue weighted by atomic mass is 35.5. The Morgan fingerprint density at radius 3 is 2.59 bits per heavy atom. The smallest absolute Gasteiger partial charge is 0.140 e. The number of rotatable bonds is 3. The van der Waals surface area contributed by atoms with Crippen molar-refractivity contribution in [2.45, 2.75) is 13.0 Å². The number of nitrogens with zero attached hydrogens (tertiary/aromatic N) is 1. The van der Waals surface area contributed by atoms with Gasteiger partial charge < -0.3 is 10.1 Å². The lowest BCUT2D eigenvalue weighted by Gasteiger charge is -2.11. The monoisotopic (exact) mass is 316 g/mol. The van der Waals surface area contributed by atoms with Crippen molar-refractivity contribution < 1.29 is 9.50 Å². The Hall–Kier alpha value is -2.17. The highest BCUT2D eigenvalue weighted by Gasteiger charge is 2.17. The molecule has 3 aromatic rings. The van der Waals surface area contributed by atoms with E-state index in [1.54, 1.807) is 36.5 Å². The third-order valence-corrected chi connectivity index (χ3v) is 3.77. The molecule has 2 aromatic carbocycles. The van der Waals surface area contributed by atoms with E-state index in [4.69, 9.17) is 11.6 Å². The number of aliphatic hydroxyl groups excluding tert-OH is 1. The van der Waals surface area contributed by atoms with Crippen LogP contribution in [-0.2, 0) is 0 Å². The lowest BCUT2D eigenvalue weighted by atomic mass is 10.0. The number of aromatic nitrogens is 2. The zero-order valence-electron chi connectivity index (χ0n) is 11.8. The van der Waals surface area contributed by atoms with Crippen molar-refractivity contribution in [2.24, 2.45) is 0 Å². The minimum atomic E-state index is -0.869. The van der Waals surface area contributed by atoms with Gasteiger partial charge in [0.1, 0.15) is 17.7 Å². The van der Waals surface area contributed by atoms with Gasteiger partial charge in [0.15, 0.2) is 0 Å². The summed E-state index contributed by atoms with van der Waals surface area (Å²) < 4.78 is 13.0. The average Bonchev–Trinajstić information content (AvgIpc) is 2.97. The van der Waals surface area contributed by atoms with Gasteiger partial charge in [-0.05, 0) is 60.0 Å². The van der Waals surface area contributed by atoms with E-state index >= 15 is 0 Å². The molecule has 0 aliphatic rings. The molecule has 0 aliphatic heterocycles. The number of hydrogen-bond acceptors (Lipinski definition) is 2. The molecule has 0 spiro atoms. The maximum absolute atomic E-state index is 13.0. The Morgan fingerprint density at radius 1 is 1.18 bits per heavy atom. The Morgan fingerprint density at radius 2 is 1.91 bits per heavy atom. The average molecular weight is 317 g/mol. The predicted octanol–water partition coefficient (Wildman–Crippen LogP) is 4.26. The highest BCUT2D eigenvalue weighted by Crippen LogP contribution is 2.27. The molecular formula is C17H14ClFN2O. The standard InChI is InChI=1S/C17H14ClFN2O/c1-10-8-12(18)4-7-14(10)16(22)17-20-9-15(21-17)11-2-5-13(19)6-3-11/h2-9,16,22H,1H3,(H,20,21). The summed E-state index contributed by atoms with van der Waals surface area (Å²) in [7, 11) is 0. The van der Waals surface area contributed by atoms with Crippen LogP contribution in [0.5, 0.6) is 0 Å². The molecule has 0 saturated heterocycles. The van der Waals surface area contributed by atoms with Gasteiger partial charge in [-0.2, -0.15) is 0 Å². The molecule has 0 saturated carbocycles. The fraction of sp³-hybridized carbons (Fsp3) is 0.118. The molecule has 1 aromatic heterocycles. The van der Waals surface area contributed by atoms with E-state index in [9.17, 15) is 9.50 Å². The first-order chi connectivity index (χ1) is 10.5. The first kappa shape index (κ1) is 14.8. The molecule has 0 bridgehead atoms. The maximum Gasteiger partial charge on any atom is 0.140 e. The molecule has 0 fully saturated rings. The van der Waals surface area contributed by atoms with Crippen molar-refractivity contribution in [1.29, 1.82) is 0 Å². The van der Waals surface area contributed by atoms with Gasteiger partial charge in [0.2, 0.25) is 0 Å². The summed E-state index contributed by atoms with van der Waals surface area (Å²) in [6, 6.07) is 11.4. The van der Waals surface area contributed by atoms with Crippen molar-refractivity contribution in [1.82, 2.24) is 9.97 Å². The third-order valence-electron chi connectivity index (χ3n) is 3.54. The van der Waals surface area contributed by atoms with Crippen molar-refractivity contribution >= 4 is 11.6 Å². The lowest BCUT2D eigenvalue weighted by Crippen LogP contribution is -2.04. The van der Waals surface area contributed by atoms with Gasteiger partial charge in [-0.3, -0.25) is 0 Å². The number of halogens is 2. The second-order valence-corrected chi connectivity index (χ2v) is 5.53. The molecule has 0 aliphatic carbocycles. The number of hydrogen-bond donors (Lipinski definition) is 2. The first-order valence-electron chi connectivity index (χ1n) is 6.79. The van der Waals surface area contributed by atoms with Gasteiger partial charge >= 0.3 is 0 Å². The summed E-state index contributed by atoms with van der Waals surface area (Å²) in [6.45, 7) is 1.88. The molecular weight excluding hydrogens is 303 g/mol. The summed E-state index contributed by atoms with van der Waals surface area (Å²) in [5.74, 6) is 0.144. The molecule has 1 unspecified atom stereocenters. The predicted molar refractivity (Wildman–Crippen MR) is 84.2 cm³/mol. The minimum absolute atomic E-state index is 0.291. The summed E-state index contributed by atoms with van der Waals surface area (Å²) in [5.41, 5.74) is 3.16. The molecule has 1 atom stereocenters. The highest BCUT2D eigenvalue weighted by molar-refractivity contribution is 6.30. The number of aryl methyl sites for hydroxylation is 1. The Labute approximate surface area is 132 Å². The van der Waals surface area contributed by atoms with Crippen LogP contribution >= 0.6 is 11.6 Å². The van der Waals surface area contributed by atoms with Crippen LogP contribution in [0.4, 0.5) is 4.39 Å². The number of imidazole rings is 1. The number of aromatic amines is 1. The van der Waals surface area contributed by atoms with E-state index in [2.05, 4.69) is 9.97 Å². The lowest BCUT2D eigenvalue weighted by molar-refractivity contribution is 0.210. The molecule has 5 heteroatoms. The van der Waals surface area contributed by atoms with E-state index < -0.39 is 6.10 Å². The van der Waals surface area contributed by atoms with Crippen molar-refractivity contribution in [3.8, 4) is 11.3 Å². The second-order valence-electron chi connectivity index (χ2n) is 5.09. The van der Waals surface area contributed by atoms with Gasteiger partial charge in [0.05, 0.1) is 11.9 Å². The summed E-state index contributed by atoms with van der Waals surface area (Å²) in [6.07, 6.45) is 0.753. The molecule has 22 heavy (non-hydrogen) atoms. The van der Waals surface area contributed by atoms with Gasteiger partial charge in [-0.1, -0.05) is 17.7 Å². The molecule has 0 amide bonds. The molecule has 2 N–H and O–H groups in total. The Kier molecular flexibility index (Phi) is 3.96. The molecule has 112 valence electrons. The van der Waals surface area contributed by atoms with Gasteiger partial charge in [0.25, 0.3) is 0 Å².